The molecule has 6 nitrogen and oxygen atoms in total. The van der Waals surface area contributed by atoms with Crippen molar-refractivity contribution in [3.8, 4) is 0 Å². The molecule has 0 atom stereocenters. The molecule has 25 heavy (non-hydrogen) atoms. The largest absolute Gasteiger partial charge is 0.347 e. The molecule has 0 aliphatic heterocycles. The van der Waals surface area contributed by atoms with Gasteiger partial charge >= 0.3 is 0 Å². The zero-order valence-electron chi connectivity index (χ0n) is 15.8. The van der Waals surface area contributed by atoms with Gasteiger partial charge in [-0.1, -0.05) is 0 Å². The molecule has 0 aliphatic carbocycles. The van der Waals surface area contributed by atoms with Crippen LogP contribution in [-0.2, 0) is 7.05 Å². The summed E-state index contributed by atoms with van der Waals surface area (Å²) in [6.07, 6.45) is 3.87. The van der Waals surface area contributed by atoms with Gasteiger partial charge in [-0.05, 0) is 71.6 Å². The second-order valence-electron chi connectivity index (χ2n) is 7.32. The molecule has 0 spiro atoms. The van der Waals surface area contributed by atoms with Crippen LogP contribution in [0.2, 0.25) is 0 Å². The highest BCUT2D eigenvalue weighted by Gasteiger charge is 2.20. The van der Waals surface area contributed by atoms with Crippen LogP contribution in [0.4, 0.5) is 11.5 Å². The summed E-state index contributed by atoms with van der Waals surface area (Å²) in [5.41, 5.74) is 1.34. The highest BCUT2D eigenvalue weighted by atomic mass is 16.1. The van der Waals surface area contributed by atoms with Crippen molar-refractivity contribution in [2.24, 2.45) is 7.05 Å². The maximum absolute atomic E-state index is 12.5. The fourth-order valence-electron chi connectivity index (χ4n) is 2.61. The number of amides is 1. The van der Waals surface area contributed by atoms with Crippen molar-refractivity contribution >= 4 is 17.4 Å². The van der Waals surface area contributed by atoms with Gasteiger partial charge in [0.25, 0.3) is 5.91 Å². The van der Waals surface area contributed by atoms with Crippen LogP contribution < -0.4 is 10.6 Å². The third-order valence-electron chi connectivity index (χ3n) is 3.99. The van der Waals surface area contributed by atoms with Crippen molar-refractivity contribution in [1.29, 1.82) is 0 Å². The first-order valence-electron chi connectivity index (χ1n) is 8.59. The van der Waals surface area contributed by atoms with Crippen LogP contribution in [0.5, 0.6) is 0 Å². The molecule has 1 aromatic carbocycles. The molecule has 2 N–H and O–H groups in total. The number of hydrogen-bond donors (Lipinski definition) is 2. The lowest BCUT2D eigenvalue weighted by Gasteiger charge is -2.27. The lowest BCUT2D eigenvalue weighted by Crippen LogP contribution is -2.43. The summed E-state index contributed by atoms with van der Waals surface area (Å²) in [6.45, 7) is 5.16. The highest BCUT2D eigenvalue weighted by Crippen LogP contribution is 2.17. The second kappa shape index (κ2) is 8.16. The monoisotopic (exact) mass is 343 g/mol. The van der Waals surface area contributed by atoms with Crippen LogP contribution >= 0.6 is 0 Å². The van der Waals surface area contributed by atoms with E-state index in [0.29, 0.717) is 5.56 Å². The van der Waals surface area contributed by atoms with Gasteiger partial charge in [-0.15, -0.1) is 0 Å². The molecule has 0 bridgehead atoms. The number of anilines is 2. The first kappa shape index (κ1) is 19.0. The molecule has 2 aromatic rings. The normalized spacial score (nSPS) is 11.6. The van der Waals surface area contributed by atoms with Crippen LogP contribution in [-0.4, -0.2) is 46.8 Å². The van der Waals surface area contributed by atoms with Gasteiger partial charge in [0.05, 0.1) is 0 Å². The molecule has 0 unspecified atom stereocenters. The zero-order chi connectivity index (χ0) is 18.4. The van der Waals surface area contributed by atoms with Crippen LogP contribution in [0.25, 0.3) is 0 Å². The van der Waals surface area contributed by atoms with Crippen LogP contribution in [0.1, 0.15) is 37.0 Å². The lowest BCUT2D eigenvalue weighted by atomic mass is 9.97. The highest BCUT2D eigenvalue weighted by molar-refractivity contribution is 5.95. The van der Waals surface area contributed by atoms with Gasteiger partial charge in [0, 0.05) is 36.1 Å². The first-order chi connectivity index (χ1) is 11.7. The summed E-state index contributed by atoms with van der Waals surface area (Å²) < 4.78 is 1.74. The van der Waals surface area contributed by atoms with E-state index in [0.717, 1.165) is 30.9 Å². The predicted octanol–water partition coefficient (Wildman–Crippen LogP) is 3.01. The Morgan fingerprint density at radius 1 is 1.20 bits per heavy atom. The molecule has 0 saturated heterocycles. The zero-order valence-corrected chi connectivity index (χ0v) is 15.8. The van der Waals surface area contributed by atoms with Crippen LogP contribution in [0.15, 0.2) is 36.5 Å². The van der Waals surface area contributed by atoms with Crippen LogP contribution in [0.3, 0.4) is 0 Å². The van der Waals surface area contributed by atoms with E-state index in [-0.39, 0.29) is 11.4 Å². The van der Waals surface area contributed by atoms with Crippen molar-refractivity contribution in [1.82, 2.24) is 20.0 Å². The number of aryl methyl sites for hydroxylation is 1. The first-order valence-corrected chi connectivity index (χ1v) is 8.59. The van der Waals surface area contributed by atoms with Crippen molar-refractivity contribution in [2.75, 3.05) is 26.0 Å². The average Bonchev–Trinajstić information content (AvgIpc) is 2.92. The predicted molar refractivity (Wildman–Crippen MR) is 102 cm³/mol. The van der Waals surface area contributed by atoms with E-state index < -0.39 is 0 Å². The fourth-order valence-corrected chi connectivity index (χ4v) is 2.61. The van der Waals surface area contributed by atoms with E-state index in [1.807, 2.05) is 43.6 Å². The number of benzene rings is 1. The standard InChI is InChI=1S/C19H29N5O/c1-19(2,12-6-13-23(3)4)21-18(25)15-7-9-16(10-8-15)20-17-11-14-24(5)22-17/h7-11,14H,6,12-13H2,1-5H3,(H,20,22)(H,21,25). The Morgan fingerprint density at radius 3 is 2.44 bits per heavy atom. The number of rotatable bonds is 8. The van der Waals surface area contributed by atoms with Gasteiger partial charge < -0.3 is 15.5 Å². The molecular formula is C19H29N5O. The van der Waals surface area contributed by atoms with Gasteiger partial charge in [-0.2, -0.15) is 5.10 Å². The smallest absolute Gasteiger partial charge is 0.251 e. The minimum absolute atomic E-state index is 0.0424. The third kappa shape index (κ3) is 6.23. The molecule has 1 heterocycles. The number of aromatic nitrogens is 2. The number of carbonyl (C=O) groups is 1. The number of nitrogens with zero attached hydrogens (tertiary/aromatic N) is 3. The van der Waals surface area contributed by atoms with Crippen LogP contribution in [0, 0.1) is 0 Å². The lowest BCUT2D eigenvalue weighted by molar-refractivity contribution is 0.0907. The van der Waals surface area contributed by atoms with E-state index in [9.17, 15) is 4.79 Å². The van der Waals surface area contributed by atoms with Gasteiger partial charge in [0.1, 0.15) is 0 Å². The maximum atomic E-state index is 12.5. The Bertz CT molecular complexity index is 688. The Hall–Kier alpha value is -2.34. The third-order valence-corrected chi connectivity index (χ3v) is 3.99. The van der Waals surface area contributed by atoms with Gasteiger partial charge in [-0.25, -0.2) is 0 Å². The topological polar surface area (TPSA) is 62.2 Å². The Balaban J connectivity index is 1.91. The molecule has 0 fully saturated rings. The number of nitrogens with one attached hydrogen (secondary N) is 2. The molecule has 0 saturated carbocycles. The van der Waals surface area contributed by atoms with Gasteiger partial charge in [-0.3, -0.25) is 9.48 Å². The molecule has 136 valence electrons. The van der Waals surface area contributed by atoms with E-state index >= 15 is 0 Å². The molecule has 2 rings (SSSR count). The molecule has 6 heteroatoms. The minimum Gasteiger partial charge on any atom is -0.347 e. The van der Waals surface area contributed by atoms with Crippen molar-refractivity contribution < 1.29 is 4.79 Å². The molecule has 1 amide bonds. The Morgan fingerprint density at radius 2 is 1.88 bits per heavy atom. The average molecular weight is 343 g/mol. The van der Waals surface area contributed by atoms with Crippen molar-refractivity contribution in [3.63, 3.8) is 0 Å². The van der Waals surface area contributed by atoms with Gasteiger partial charge in [0.2, 0.25) is 0 Å². The maximum Gasteiger partial charge on any atom is 0.251 e. The fraction of sp³-hybridized carbons (Fsp3) is 0.474. The van der Waals surface area contributed by atoms with E-state index in [4.69, 9.17) is 0 Å². The SMILES string of the molecule is CN(C)CCCC(C)(C)NC(=O)c1ccc(Nc2ccn(C)n2)cc1. The Labute approximate surface area is 150 Å². The minimum atomic E-state index is -0.224. The van der Waals surface area contributed by atoms with Crippen molar-refractivity contribution in [3.05, 3.63) is 42.1 Å². The Kier molecular flexibility index (Phi) is 6.20. The molecule has 0 aliphatic rings. The quantitative estimate of drug-likeness (QED) is 0.773. The molecule has 1 aromatic heterocycles. The number of carbonyl (C=O) groups excluding carboxylic acids is 1. The summed E-state index contributed by atoms with van der Waals surface area (Å²) in [6, 6.07) is 9.34. The second-order valence-corrected chi connectivity index (χ2v) is 7.32. The number of hydrogen-bond acceptors (Lipinski definition) is 4. The van der Waals surface area contributed by atoms with E-state index in [1.165, 1.54) is 0 Å². The summed E-state index contributed by atoms with van der Waals surface area (Å²) in [7, 11) is 6.00. The van der Waals surface area contributed by atoms with E-state index in [1.54, 1.807) is 4.68 Å². The summed E-state index contributed by atoms with van der Waals surface area (Å²) in [5.74, 6) is 0.737. The van der Waals surface area contributed by atoms with E-state index in [2.05, 4.69) is 48.6 Å². The van der Waals surface area contributed by atoms with Crippen molar-refractivity contribution in [2.45, 2.75) is 32.2 Å². The molecular weight excluding hydrogens is 314 g/mol. The summed E-state index contributed by atoms with van der Waals surface area (Å²) in [5, 5.41) is 10.6. The van der Waals surface area contributed by atoms with Gasteiger partial charge in [0.15, 0.2) is 5.82 Å². The summed E-state index contributed by atoms with van der Waals surface area (Å²) in [4.78, 5) is 14.6. The summed E-state index contributed by atoms with van der Waals surface area (Å²) >= 11 is 0. The molecule has 0 radical (unpaired) electrons.